The van der Waals surface area contributed by atoms with E-state index in [-0.39, 0.29) is 36.2 Å². The number of methoxy groups -OCH3 is 1. The number of hydrogen-bond donors (Lipinski definition) is 3. The number of carboxylic acid groups (broad SMARTS) is 1. The third kappa shape index (κ3) is 5.19. The Labute approximate surface area is 226 Å². The van der Waals surface area contributed by atoms with Crippen molar-refractivity contribution < 1.29 is 33.7 Å². The molecule has 3 N–H and O–H groups in total. The van der Waals surface area contributed by atoms with Gasteiger partial charge in [0.05, 0.1) is 44.5 Å². The average molecular weight is 565 g/mol. The Bertz CT molecular complexity index is 1290. The van der Waals surface area contributed by atoms with Crippen molar-refractivity contribution in [2.24, 2.45) is 10.9 Å². The maximum atomic E-state index is 13.9. The molecule has 2 aromatic rings. The second-order valence-corrected chi connectivity index (χ2v) is 10.7. The molecule has 1 aromatic heterocycles. The number of carbonyl (C=O) groups excluding carboxylic acids is 1. The number of aliphatic hydroxyl groups is 1. The highest BCUT2D eigenvalue weighted by Crippen LogP contribution is 2.39. The number of carboxylic acids is 1. The van der Waals surface area contributed by atoms with Crippen molar-refractivity contribution in [3.63, 3.8) is 0 Å². The molecule has 3 aliphatic heterocycles. The van der Waals surface area contributed by atoms with Crippen LogP contribution in [0.3, 0.4) is 0 Å². The minimum absolute atomic E-state index is 0.107. The number of morpholine rings is 1. The van der Waals surface area contributed by atoms with Gasteiger partial charge < -0.3 is 25.0 Å². The Morgan fingerprint density at radius 2 is 2.18 bits per heavy atom. The van der Waals surface area contributed by atoms with Crippen molar-refractivity contribution in [2.75, 3.05) is 26.9 Å². The SMILES string of the molecule is COC(=O)C1=C(CN2C3COCC2C(O)[C@@H](CC(=O)O)C3)NC(c2nccs2)=N[C@H]1c1ccc(F)cc1Cl. The number of carbonyl (C=O) groups is 2. The molecule has 38 heavy (non-hydrogen) atoms. The predicted molar refractivity (Wildman–Crippen MR) is 136 cm³/mol. The summed E-state index contributed by atoms with van der Waals surface area (Å²) in [4.78, 5) is 35.7. The minimum atomic E-state index is -0.963. The topological polar surface area (TPSA) is 134 Å². The van der Waals surface area contributed by atoms with Gasteiger partial charge in [0.25, 0.3) is 0 Å². The first-order chi connectivity index (χ1) is 18.3. The summed E-state index contributed by atoms with van der Waals surface area (Å²) in [5.74, 6) is -2.12. The molecule has 4 heterocycles. The van der Waals surface area contributed by atoms with Gasteiger partial charge in [-0.1, -0.05) is 17.7 Å². The molecule has 3 aliphatic rings. The summed E-state index contributed by atoms with van der Waals surface area (Å²) in [5, 5.41) is 26.1. The van der Waals surface area contributed by atoms with Crippen molar-refractivity contribution in [3.05, 3.63) is 62.5 Å². The number of ether oxygens (including phenoxy) is 2. The van der Waals surface area contributed by atoms with Gasteiger partial charge in [-0.15, -0.1) is 11.3 Å². The third-order valence-electron chi connectivity index (χ3n) is 7.15. The van der Waals surface area contributed by atoms with E-state index in [1.54, 1.807) is 11.6 Å². The lowest BCUT2D eigenvalue weighted by atomic mass is 9.80. The predicted octanol–water partition coefficient (Wildman–Crippen LogP) is 2.38. The molecule has 0 spiro atoms. The van der Waals surface area contributed by atoms with Crippen LogP contribution in [0, 0.1) is 11.7 Å². The van der Waals surface area contributed by atoms with Crippen LogP contribution in [0.5, 0.6) is 0 Å². The van der Waals surface area contributed by atoms with Crippen LogP contribution in [0.15, 0.2) is 46.0 Å². The Hall–Kier alpha value is -2.90. The smallest absolute Gasteiger partial charge is 0.338 e. The lowest BCUT2D eigenvalue weighted by molar-refractivity contribution is -0.155. The van der Waals surface area contributed by atoms with Gasteiger partial charge in [-0.25, -0.2) is 14.2 Å². The summed E-state index contributed by atoms with van der Waals surface area (Å²) in [5.41, 5.74) is 1.09. The number of thiazole rings is 1. The lowest BCUT2D eigenvalue weighted by Gasteiger charge is -2.51. The first-order valence-electron chi connectivity index (χ1n) is 12.0. The van der Waals surface area contributed by atoms with Crippen molar-refractivity contribution in [1.82, 2.24) is 15.2 Å². The molecule has 0 saturated carbocycles. The molecule has 0 radical (unpaired) electrons. The van der Waals surface area contributed by atoms with E-state index in [0.29, 0.717) is 35.1 Å². The maximum Gasteiger partial charge on any atom is 0.338 e. The van der Waals surface area contributed by atoms with Crippen LogP contribution >= 0.6 is 22.9 Å². The largest absolute Gasteiger partial charge is 0.481 e. The van der Waals surface area contributed by atoms with E-state index in [9.17, 15) is 24.2 Å². The highest BCUT2D eigenvalue weighted by molar-refractivity contribution is 7.11. The molecule has 2 bridgehead atoms. The summed E-state index contributed by atoms with van der Waals surface area (Å²) >= 11 is 7.77. The lowest BCUT2D eigenvalue weighted by Crippen LogP contribution is -2.64. The van der Waals surface area contributed by atoms with Crippen LogP contribution < -0.4 is 5.32 Å². The van der Waals surface area contributed by atoms with Crippen LogP contribution in [0.25, 0.3) is 0 Å². The van der Waals surface area contributed by atoms with Gasteiger partial charge in [0.15, 0.2) is 10.8 Å². The monoisotopic (exact) mass is 564 g/mol. The zero-order valence-corrected chi connectivity index (χ0v) is 21.9. The number of aliphatic imine (C=N–C) groups is 1. The van der Waals surface area contributed by atoms with Gasteiger partial charge in [0, 0.05) is 40.4 Å². The van der Waals surface area contributed by atoms with E-state index in [1.807, 2.05) is 4.90 Å². The summed E-state index contributed by atoms with van der Waals surface area (Å²) < 4.78 is 24.7. The van der Waals surface area contributed by atoms with E-state index < -0.39 is 41.9 Å². The van der Waals surface area contributed by atoms with Gasteiger partial charge in [0.2, 0.25) is 0 Å². The van der Waals surface area contributed by atoms with Gasteiger partial charge in [-0.3, -0.25) is 14.7 Å². The molecule has 10 nitrogen and oxygen atoms in total. The van der Waals surface area contributed by atoms with Crippen molar-refractivity contribution in [3.8, 4) is 0 Å². The molecule has 13 heteroatoms. The quantitative estimate of drug-likeness (QED) is 0.433. The third-order valence-corrected chi connectivity index (χ3v) is 8.25. The standard InChI is InChI=1S/C25H26ClFN4O6S/c1-36-25(35)20-17(9-31-14-6-12(7-19(32)33)22(34)18(31)11-37-10-14)29-23(24-28-4-5-38-24)30-21(20)15-3-2-13(27)8-16(15)26/h2-5,8,12,14,18,21-22,34H,6-7,9-11H2,1H3,(H,29,30)(H,32,33)/t12-,14?,18?,21+,22?/m1/s1. The Balaban J connectivity index is 1.57. The molecule has 1 aromatic carbocycles. The number of aliphatic hydroxyl groups excluding tert-OH is 1. The molecule has 0 amide bonds. The van der Waals surface area contributed by atoms with E-state index >= 15 is 0 Å². The fourth-order valence-corrected chi connectivity index (χ4v) is 6.27. The van der Waals surface area contributed by atoms with Gasteiger partial charge in [-0.2, -0.15) is 0 Å². The van der Waals surface area contributed by atoms with Crippen LogP contribution in [-0.4, -0.2) is 82.9 Å². The average Bonchev–Trinajstić information content (AvgIpc) is 3.42. The van der Waals surface area contributed by atoms with E-state index in [1.165, 1.54) is 30.6 Å². The summed E-state index contributed by atoms with van der Waals surface area (Å²) in [6.45, 7) is 0.774. The number of aromatic nitrogens is 1. The van der Waals surface area contributed by atoms with Crippen LogP contribution in [-0.2, 0) is 19.1 Å². The Morgan fingerprint density at radius 1 is 1.37 bits per heavy atom. The fraction of sp³-hybridized carbons (Fsp3) is 0.440. The highest BCUT2D eigenvalue weighted by atomic mass is 35.5. The number of fused-ring (bicyclic) bond motifs is 2. The first kappa shape index (κ1) is 26.7. The zero-order chi connectivity index (χ0) is 27.0. The number of benzene rings is 1. The molecule has 2 fully saturated rings. The van der Waals surface area contributed by atoms with Gasteiger partial charge in [0.1, 0.15) is 11.9 Å². The van der Waals surface area contributed by atoms with Crippen molar-refractivity contribution in [1.29, 1.82) is 0 Å². The number of aliphatic carboxylic acids is 1. The zero-order valence-electron chi connectivity index (χ0n) is 20.3. The molecule has 5 atom stereocenters. The molecular weight excluding hydrogens is 539 g/mol. The number of halogens is 2. The number of esters is 1. The van der Waals surface area contributed by atoms with E-state index in [4.69, 9.17) is 26.1 Å². The van der Waals surface area contributed by atoms with Crippen molar-refractivity contribution in [2.45, 2.75) is 37.1 Å². The van der Waals surface area contributed by atoms with Crippen LogP contribution in [0.4, 0.5) is 4.39 Å². The molecular formula is C25H26ClFN4O6S. The molecule has 5 rings (SSSR count). The number of nitrogens with one attached hydrogen (secondary N) is 1. The maximum absolute atomic E-state index is 13.9. The first-order valence-corrected chi connectivity index (χ1v) is 13.3. The fourth-order valence-electron chi connectivity index (χ4n) is 5.41. The van der Waals surface area contributed by atoms with Crippen LogP contribution in [0.2, 0.25) is 5.02 Å². The minimum Gasteiger partial charge on any atom is -0.481 e. The molecule has 2 saturated heterocycles. The second-order valence-electron chi connectivity index (χ2n) is 9.41. The number of rotatable bonds is 7. The summed E-state index contributed by atoms with van der Waals surface area (Å²) in [7, 11) is 1.26. The van der Waals surface area contributed by atoms with Crippen LogP contribution in [0.1, 0.15) is 29.5 Å². The second kappa shape index (κ2) is 11.1. The Morgan fingerprint density at radius 3 is 2.87 bits per heavy atom. The normalized spacial score (nSPS) is 27.5. The van der Waals surface area contributed by atoms with Gasteiger partial charge in [-0.05, 0) is 24.5 Å². The highest BCUT2D eigenvalue weighted by Gasteiger charge is 2.46. The number of piperidine rings is 1. The molecule has 202 valence electrons. The van der Waals surface area contributed by atoms with Crippen molar-refractivity contribution >= 4 is 40.7 Å². The number of nitrogens with zero attached hydrogens (tertiary/aromatic N) is 3. The summed E-state index contributed by atoms with van der Waals surface area (Å²) in [6.07, 6.45) is 0.991. The summed E-state index contributed by atoms with van der Waals surface area (Å²) in [6, 6.07) is 2.34. The Kier molecular flexibility index (Phi) is 7.78. The van der Waals surface area contributed by atoms with Gasteiger partial charge >= 0.3 is 11.9 Å². The molecule has 0 aliphatic carbocycles. The number of hydrogen-bond acceptors (Lipinski definition) is 10. The molecule has 3 unspecified atom stereocenters. The number of amidine groups is 1. The van der Waals surface area contributed by atoms with E-state index in [2.05, 4.69) is 10.3 Å². The van der Waals surface area contributed by atoms with E-state index in [0.717, 1.165) is 6.07 Å².